The molecule has 0 radical (unpaired) electrons. The van der Waals surface area contributed by atoms with Gasteiger partial charge in [0.15, 0.2) is 5.16 Å². The first-order valence-corrected chi connectivity index (χ1v) is 7.49. The lowest BCUT2D eigenvalue weighted by Gasteiger charge is -2.11. The van der Waals surface area contributed by atoms with E-state index in [1.54, 1.807) is 11.8 Å². The molecule has 0 bridgehead atoms. The van der Waals surface area contributed by atoms with Gasteiger partial charge in [-0.05, 0) is 26.7 Å². The molecule has 2 heterocycles. The summed E-state index contributed by atoms with van der Waals surface area (Å²) in [6.07, 6.45) is 6.39. The minimum Gasteiger partial charge on any atom is -0.368 e. The molecule has 1 fully saturated rings. The normalized spacial score (nSPS) is 15.3. The number of nitrogen functional groups attached to an aromatic ring is 1. The topological polar surface area (TPSA) is 74.6 Å². The van der Waals surface area contributed by atoms with Crippen LogP contribution in [0, 0.1) is 0 Å². The van der Waals surface area contributed by atoms with Gasteiger partial charge in [0.2, 0.25) is 5.95 Å². The summed E-state index contributed by atoms with van der Waals surface area (Å²) in [5.41, 5.74) is 7.08. The van der Waals surface area contributed by atoms with Crippen LogP contribution in [0.1, 0.15) is 44.5 Å². The Labute approximate surface area is 116 Å². The van der Waals surface area contributed by atoms with Crippen molar-refractivity contribution in [3.63, 3.8) is 0 Å². The molecule has 2 aromatic rings. The summed E-state index contributed by atoms with van der Waals surface area (Å²) in [4.78, 5) is 4.24. The van der Waals surface area contributed by atoms with E-state index in [1.165, 1.54) is 18.5 Å². The molecule has 0 saturated heterocycles. The molecular formula is C12H18N6S. The lowest BCUT2D eigenvalue weighted by Crippen LogP contribution is -2.07. The molecule has 6 nitrogen and oxygen atoms in total. The first kappa shape index (κ1) is 12.5. The quantitative estimate of drug-likeness (QED) is 0.849. The van der Waals surface area contributed by atoms with Crippen LogP contribution in [0.2, 0.25) is 0 Å². The Morgan fingerprint density at radius 2 is 2.21 bits per heavy atom. The zero-order valence-corrected chi connectivity index (χ0v) is 12.0. The van der Waals surface area contributed by atoms with E-state index in [0.29, 0.717) is 12.0 Å². The van der Waals surface area contributed by atoms with Crippen LogP contribution >= 0.6 is 11.8 Å². The van der Waals surface area contributed by atoms with Gasteiger partial charge in [-0.2, -0.15) is 0 Å². The summed E-state index contributed by atoms with van der Waals surface area (Å²) in [5, 5.41) is 8.97. The third-order valence-corrected chi connectivity index (χ3v) is 4.22. The summed E-state index contributed by atoms with van der Waals surface area (Å²) in [6, 6.07) is 0.928. The number of anilines is 1. The molecule has 2 aromatic heterocycles. The summed E-state index contributed by atoms with van der Waals surface area (Å²) < 4.78 is 4.23. The Morgan fingerprint density at radius 3 is 2.89 bits per heavy atom. The van der Waals surface area contributed by atoms with Gasteiger partial charge in [-0.15, -0.1) is 10.2 Å². The summed E-state index contributed by atoms with van der Waals surface area (Å²) >= 11 is 1.66. The highest BCUT2D eigenvalue weighted by atomic mass is 32.2. The monoisotopic (exact) mass is 278 g/mol. The van der Waals surface area contributed by atoms with Crippen LogP contribution in [0.15, 0.2) is 17.7 Å². The number of rotatable bonds is 5. The fraction of sp³-hybridized carbons (Fsp3) is 0.583. The van der Waals surface area contributed by atoms with Crippen LogP contribution in [-0.4, -0.2) is 24.3 Å². The van der Waals surface area contributed by atoms with Crippen molar-refractivity contribution >= 4 is 17.7 Å². The maximum atomic E-state index is 5.84. The second-order valence-corrected chi connectivity index (χ2v) is 6.06. The molecule has 7 heteroatoms. The Balaban J connectivity index is 1.74. The Kier molecular flexibility index (Phi) is 3.22. The van der Waals surface area contributed by atoms with Gasteiger partial charge in [0.05, 0.1) is 6.33 Å². The molecule has 0 atom stereocenters. The van der Waals surface area contributed by atoms with E-state index in [9.17, 15) is 0 Å². The van der Waals surface area contributed by atoms with Crippen LogP contribution in [0.4, 0.5) is 5.95 Å². The molecule has 0 amide bonds. The van der Waals surface area contributed by atoms with Crippen molar-refractivity contribution in [3.05, 3.63) is 18.2 Å². The second-order valence-electron chi connectivity index (χ2n) is 5.12. The molecule has 102 valence electrons. The second kappa shape index (κ2) is 4.88. The smallest absolute Gasteiger partial charge is 0.222 e. The predicted molar refractivity (Wildman–Crippen MR) is 74.9 cm³/mol. The number of aromatic nitrogens is 5. The minimum absolute atomic E-state index is 0.269. The number of thioether (sulfide) groups is 1. The molecule has 0 aromatic carbocycles. The molecule has 3 rings (SSSR count). The molecule has 1 aliphatic carbocycles. The van der Waals surface area contributed by atoms with Crippen molar-refractivity contribution in [1.82, 2.24) is 24.3 Å². The highest BCUT2D eigenvalue weighted by Crippen LogP contribution is 2.37. The molecule has 0 spiro atoms. The van der Waals surface area contributed by atoms with Crippen molar-refractivity contribution in [3.8, 4) is 0 Å². The lowest BCUT2D eigenvalue weighted by molar-refractivity contribution is 0.557. The highest BCUT2D eigenvalue weighted by Gasteiger charge is 2.25. The van der Waals surface area contributed by atoms with Gasteiger partial charge in [-0.25, -0.2) is 4.98 Å². The standard InChI is InChI=1S/C12H18N6S/c1-8(2)18-11(13)15-16-12(18)19-6-10-5-14-7-17(10)9-3-4-9/h5,7-9H,3-4,6H2,1-2H3,(H2,13,15). The third-order valence-electron chi connectivity index (χ3n) is 3.24. The van der Waals surface area contributed by atoms with E-state index in [2.05, 4.69) is 33.6 Å². The van der Waals surface area contributed by atoms with Gasteiger partial charge >= 0.3 is 0 Å². The zero-order chi connectivity index (χ0) is 13.4. The van der Waals surface area contributed by atoms with Gasteiger partial charge in [0.1, 0.15) is 0 Å². The molecule has 19 heavy (non-hydrogen) atoms. The van der Waals surface area contributed by atoms with E-state index in [-0.39, 0.29) is 6.04 Å². The molecule has 1 aliphatic rings. The number of imidazole rings is 1. The van der Waals surface area contributed by atoms with Crippen molar-refractivity contribution < 1.29 is 0 Å². The van der Waals surface area contributed by atoms with E-state index >= 15 is 0 Å². The molecule has 0 aliphatic heterocycles. The fourth-order valence-corrected chi connectivity index (χ4v) is 3.18. The molecule has 0 unspecified atom stereocenters. The Hall–Kier alpha value is -1.50. The SMILES string of the molecule is CC(C)n1c(N)nnc1SCc1cncn1C1CC1. The van der Waals surface area contributed by atoms with Gasteiger partial charge in [-0.3, -0.25) is 4.57 Å². The first-order chi connectivity index (χ1) is 9.16. The van der Waals surface area contributed by atoms with Crippen molar-refractivity contribution in [2.75, 3.05) is 5.73 Å². The lowest BCUT2D eigenvalue weighted by atomic mass is 10.4. The number of hydrogen-bond donors (Lipinski definition) is 1. The molecule has 2 N–H and O–H groups in total. The van der Waals surface area contributed by atoms with E-state index < -0.39 is 0 Å². The fourth-order valence-electron chi connectivity index (χ4n) is 2.14. The number of nitrogens with two attached hydrogens (primary N) is 1. The van der Waals surface area contributed by atoms with Gasteiger partial charge in [-0.1, -0.05) is 11.8 Å². The maximum absolute atomic E-state index is 5.84. The number of nitrogens with zero attached hydrogens (tertiary/aromatic N) is 5. The average Bonchev–Trinajstić information content (AvgIpc) is 2.98. The molecule has 1 saturated carbocycles. The van der Waals surface area contributed by atoms with Crippen molar-refractivity contribution in [1.29, 1.82) is 0 Å². The van der Waals surface area contributed by atoms with Crippen molar-refractivity contribution in [2.24, 2.45) is 0 Å². The largest absolute Gasteiger partial charge is 0.368 e. The van der Waals surface area contributed by atoms with Crippen molar-refractivity contribution in [2.45, 2.75) is 49.7 Å². The van der Waals surface area contributed by atoms with E-state index in [0.717, 1.165) is 10.9 Å². The van der Waals surface area contributed by atoms with E-state index in [1.807, 2.05) is 17.1 Å². The van der Waals surface area contributed by atoms with Gasteiger partial charge < -0.3 is 10.3 Å². The van der Waals surface area contributed by atoms with Crippen LogP contribution in [0.5, 0.6) is 0 Å². The van der Waals surface area contributed by atoms with Crippen LogP contribution in [-0.2, 0) is 5.75 Å². The Bertz CT molecular complexity index is 569. The van der Waals surface area contributed by atoms with Gasteiger partial charge in [0, 0.05) is 29.7 Å². The van der Waals surface area contributed by atoms with Crippen LogP contribution in [0.3, 0.4) is 0 Å². The minimum atomic E-state index is 0.269. The third kappa shape index (κ3) is 2.47. The van der Waals surface area contributed by atoms with Crippen LogP contribution in [0.25, 0.3) is 0 Å². The molecular weight excluding hydrogens is 260 g/mol. The van der Waals surface area contributed by atoms with Crippen LogP contribution < -0.4 is 5.73 Å². The summed E-state index contributed by atoms with van der Waals surface area (Å²) in [5.74, 6) is 1.33. The summed E-state index contributed by atoms with van der Waals surface area (Å²) in [6.45, 7) is 4.16. The summed E-state index contributed by atoms with van der Waals surface area (Å²) in [7, 11) is 0. The Morgan fingerprint density at radius 1 is 1.42 bits per heavy atom. The zero-order valence-electron chi connectivity index (χ0n) is 11.2. The maximum Gasteiger partial charge on any atom is 0.222 e. The predicted octanol–water partition coefficient (Wildman–Crippen LogP) is 2.26. The van der Waals surface area contributed by atoms with Gasteiger partial charge in [0.25, 0.3) is 0 Å². The average molecular weight is 278 g/mol. The highest BCUT2D eigenvalue weighted by molar-refractivity contribution is 7.98. The number of hydrogen-bond acceptors (Lipinski definition) is 5. The first-order valence-electron chi connectivity index (χ1n) is 6.50. The van der Waals surface area contributed by atoms with E-state index in [4.69, 9.17) is 5.73 Å².